The van der Waals surface area contributed by atoms with Gasteiger partial charge in [-0.15, -0.1) is 0 Å². The summed E-state index contributed by atoms with van der Waals surface area (Å²) in [5.74, 6) is 0. The summed E-state index contributed by atoms with van der Waals surface area (Å²) in [6.07, 6.45) is -11.9. The van der Waals surface area contributed by atoms with Gasteiger partial charge in [-0.05, 0) is 0 Å². The molecule has 1 rings (SSSR count). The van der Waals surface area contributed by atoms with Crippen LogP contribution in [0.25, 0.3) is 0 Å². The van der Waals surface area contributed by atoms with Crippen LogP contribution in [0.3, 0.4) is 0 Å². The number of hydrogen-bond donors (Lipinski definition) is 0. The van der Waals surface area contributed by atoms with Crippen LogP contribution in [-0.2, 0) is 9.47 Å². The Labute approximate surface area is 92.9 Å². The van der Waals surface area contributed by atoms with Crippen LogP contribution >= 0.6 is 0 Å². The summed E-state index contributed by atoms with van der Waals surface area (Å²) in [6.45, 7) is 0. The van der Waals surface area contributed by atoms with Gasteiger partial charge >= 0.3 is 0 Å². The maximum absolute atomic E-state index is 12.1. The minimum Gasteiger partial charge on any atom is -0.325 e. The molecule has 0 aromatic rings. The van der Waals surface area contributed by atoms with Crippen LogP contribution in [0.5, 0.6) is 0 Å². The second-order valence-corrected chi connectivity index (χ2v) is 2.87. The van der Waals surface area contributed by atoms with Crippen molar-refractivity contribution >= 4 is 0 Å². The van der Waals surface area contributed by atoms with Crippen molar-refractivity contribution in [1.29, 1.82) is 0 Å². The molecule has 0 aromatic heterocycles. The van der Waals surface area contributed by atoms with Gasteiger partial charge < -0.3 is 9.47 Å². The molecule has 4 atom stereocenters. The van der Waals surface area contributed by atoms with E-state index in [4.69, 9.17) is 0 Å². The molecule has 1 saturated heterocycles. The van der Waals surface area contributed by atoms with Crippen LogP contribution in [-0.4, -0.2) is 46.3 Å². The lowest BCUT2D eigenvalue weighted by Crippen LogP contribution is -2.61. The molecule has 0 radical (unpaired) electrons. The topological polar surface area (TPSA) is 31.4 Å². The van der Waals surface area contributed by atoms with E-state index in [0.29, 0.717) is 0 Å². The van der Waals surface area contributed by atoms with Gasteiger partial charge in [0.25, 0.3) is 0 Å². The Morgan fingerprint density at radius 3 is 0.722 bits per heavy atom. The monoisotopic (exact) mass is 292 g/mol. The predicted octanol–water partition coefficient (Wildman–Crippen LogP) is 1.62. The third-order valence-corrected chi connectivity index (χ3v) is 1.82. The Hall–Kier alpha value is -0.800. The Kier molecular flexibility index (Phi) is 5.00. The summed E-state index contributed by atoms with van der Waals surface area (Å²) < 4.78 is 104. The average molecular weight is 292 g/mol. The maximum Gasteiger partial charge on any atom is 0.217 e. The van der Waals surface area contributed by atoms with Crippen molar-refractivity contribution in [2.75, 3.05) is 0 Å². The largest absolute Gasteiger partial charge is 0.325 e. The van der Waals surface area contributed by atoms with Crippen LogP contribution in [0.2, 0.25) is 0 Å². The van der Waals surface area contributed by atoms with Gasteiger partial charge in [-0.25, -0.2) is 0 Å². The molecule has 0 amide bonds. The van der Waals surface area contributed by atoms with E-state index in [2.05, 4.69) is 9.47 Å². The minimum atomic E-state index is -2.98. The highest BCUT2D eigenvalue weighted by Crippen LogP contribution is 2.30. The maximum atomic E-state index is 12.1. The molecular weight excluding hydrogens is 288 g/mol. The van der Waals surface area contributed by atoms with Gasteiger partial charge in [0.15, 0.2) is 0 Å². The summed E-state index contributed by atoms with van der Waals surface area (Å²) in [5.41, 5.74) is 0. The van der Waals surface area contributed by atoms with Crippen molar-refractivity contribution in [3.05, 3.63) is 0 Å². The Morgan fingerprint density at radius 1 is 0.444 bits per heavy atom. The molecule has 4 unspecified atom stereocenters. The van der Waals surface area contributed by atoms with Crippen LogP contribution in [0.1, 0.15) is 0 Å². The van der Waals surface area contributed by atoms with Crippen LogP contribution < -0.4 is 0 Å². The predicted molar refractivity (Wildman–Crippen MR) is 33.5 cm³/mol. The highest BCUT2D eigenvalue weighted by atomic mass is 19.4. The molecule has 0 aliphatic carbocycles. The molecule has 1 aliphatic rings. The van der Waals surface area contributed by atoms with Crippen molar-refractivity contribution in [2.45, 2.75) is 24.9 Å². The van der Waals surface area contributed by atoms with E-state index in [0.717, 1.165) is 0 Å². The number of ether oxygens (including phenoxy) is 2. The normalized spacial score (nSPS) is 34.0. The first-order valence-electron chi connectivity index (χ1n) is 3.99. The van der Waals surface area contributed by atoms with Crippen molar-refractivity contribution < 1.29 is 45.3 Å². The number of hydrogen-bond acceptors (Lipinski definition) is 6. The molecule has 0 saturated carbocycles. The zero-order chi connectivity index (χ0) is 14.0. The van der Waals surface area contributed by atoms with Gasteiger partial charge in [0.1, 0.15) is 0 Å². The molecule has 6 nitrogen and oxygen atoms in total. The smallest absolute Gasteiger partial charge is 0.217 e. The zero-order valence-electron chi connectivity index (χ0n) is 7.94. The fourth-order valence-electron chi connectivity index (χ4n) is 1.12. The standard InChI is InChI=1S/C4H4F8N4O2/c5-13(6)1-2(14(7)8)18-4(16(11)12)3(17-1)15(9)10/h1-4H. The van der Waals surface area contributed by atoms with Crippen molar-refractivity contribution in [3.8, 4) is 0 Å². The Morgan fingerprint density at radius 2 is 0.611 bits per heavy atom. The molecule has 0 aromatic carbocycles. The lowest BCUT2D eigenvalue weighted by molar-refractivity contribution is -0.482. The number of nitrogens with zero attached hydrogens (tertiary/aromatic N) is 4. The van der Waals surface area contributed by atoms with Crippen LogP contribution in [0.4, 0.5) is 35.9 Å². The van der Waals surface area contributed by atoms with Gasteiger partial charge in [0.05, 0.1) is 21.4 Å². The molecule has 18 heavy (non-hydrogen) atoms. The molecular formula is C4H4F8N4O2. The third kappa shape index (κ3) is 3.15. The summed E-state index contributed by atoms with van der Waals surface area (Å²) in [6, 6.07) is 0. The van der Waals surface area contributed by atoms with Crippen LogP contribution in [0.15, 0.2) is 0 Å². The van der Waals surface area contributed by atoms with Gasteiger partial charge in [-0.2, -0.15) is 0 Å². The van der Waals surface area contributed by atoms with Gasteiger partial charge in [-0.1, -0.05) is 35.9 Å². The Balaban J connectivity index is 2.91. The lowest BCUT2D eigenvalue weighted by atomic mass is 10.4. The summed E-state index contributed by atoms with van der Waals surface area (Å²) in [5, 5.41) is -8.04. The average Bonchev–Trinajstić information content (AvgIpc) is 2.26. The summed E-state index contributed by atoms with van der Waals surface area (Å²) in [4.78, 5) is 0. The molecule has 1 fully saturated rings. The van der Waals surface area contributed by atoms with E-state index in [1.54, 1.807) is 0 Å². The minimum absolute atomic E-state index is 2.01. The van der Waals surface area contributed by atoms with Gasteiger partial charge in [0.2, 0.25) is 24.9 Å². The molecule has 14 heteroatoms. The van der Waals surface area contributed by atoms with E-state index >= 15 is 0 Å². The highest BCUT2D eigenvalue weighted by Gasteiger charge is 2.52. The molecule has 0 bridgehead atoms. The highest BCUT2D eigenvalue weighted by molar-refractivity contribution is 4.72. The van der Waals surface area contributed by atoms with Crippen LogP contribution in [0, 0.1) is 0 Å². The van der Waals surface area contributed by atoms with E-state index < -0.39 is 46.3 Å². The first kappa shape index (κ1) is 15.3. The number of rotatable bonds is 4. The summed E-state index contributed by atoms with van der Waals surface area (Å²) in [7, 11) is 0. The first-order chi connectivity index (χ1) is 8.25. The molecule has 0 N–H and O–H groups in total. The zero-order valence-corrected chi connectivity index (χ0v) is 7.94. The third-order valence-electron chi connectivity index (χ3n) is 1.82. The number of halogens is 8. The fourth-order valence-corrected chi connectivity index (χ4v) is 1.12. The molecule has 108 valence electrons. The van der Waals surface area contributed by atoms with Crippen molar-refractivity contribution in [3.63, 3.8) is 0 Å². The van der Waals surface area contributed by atoms with E-state index in [9.17, 15) is 35.9 Å². The van der Waals surface area contributed by atoms with Gasteiger partial charge in [0, 0.05) is 0 Å². The fraction of sp³-hybridized carbons (Fsp3) is 1.00. The second-order valence-electron chi connectivity index (χ2n) is 2.87. The van der Waals surface area contributed by atoms with E-state index in [1.807, 2.05) is 0 Å². The van der Waals surface area contributed by atoms with Crippen molar-refractivity contribution in [2.24, 2.45) is 0 Å². The second kappa shape index (κ2) is 5.89. The quantitative estimate of drug-likeness (QED) is 0.578. The van der Waals surface area contributed by atoms with E-state index in [-0.39, 0.29) is 0 Å². The van der Waals surface area contributed by atoms with E-state index in [1.165, 1.54) is 0 Å². The first-order valence-corrected chi connectivity index (χ1v) is 3.99. The molecule has 1 heterocycles. The lowest BCUT2D eigenvalue weighted by Gasteiger charge is -2.39. The summed E-state index contributed by atoms with van der Waals surface area (Å²) >= 11 is 0. The molecule has 0 spiro atoms. The SMILES string of the molecule is FN(F)C1OC(N(F)F)C(N(F)F)OC1N(F)F. The molecule has 1 aliphatic heterocycles. The van der Waals surface area contributed by atoms with Gasteiger partial charge in [-0.3, -0.25) is 0 Å². The Bertz CT molecular complexity index is 219. The van der Waals surface area contributed by atoms with Crippen molar-refractivity contribution in [1.82, 2.24) is 21.4 Å².